The van der Waals surface area contributed by atoms with Crippen molar-refractivity contribution in [3.05, 3.63) is 0 Å². The van der Waals surface area contributed by atoms with Crippen LogP contribution in [0.3, 0.4) is 0 Å². The zero-order chi connectivity index (χ0) is 9.68. The SMILES string of the molecule is C#CC(C)NC(CN)C1CCCO1. The molecule has 1 aliphatic rings. The molecule has 1 rings (SSSR count). The Hall–Kier alpha value is -0.560. The first kappa shape index (κ1) is 10.5. The number of nitrogens with one attached hydrogen (secondary N) is 1. The van der Waals surface area contributed by atoms with Gasteiger partial charge < -0.3 is 10.5 Å². The third kappa shape index (κ3) is 3.00. The van der Waals surface area contributed by atoms with Crippen molar-refractivity contribution in [2.75, 3.05) is 13.2 Å². The first-order valence-electron chi connectivity index (χ1n) is 4.81. The van der Waals surface area contributed by atoms with Gasteiger partial charge in [0.15, 0.2) is 0 Å². The van der Waals surface area contributed by atoms with Crippen LogP contribution in [0.2, 0.25) is 0 Å². The van der Waals surface area contributed by atoms with Gasteiger partial charge in [0.25, 0.3) is 0 Å². The zero-order valence-electron chi connectivity index (χ0n) is 8.12. The molecule has 0 radical (unpaired) electrons. The predicted octanol–water partition coefficient (Wildman–Crippen LogP) is 0.104. The van der Waals surface area contributed by atoms with Crippen LogP contribution >= 0.6 is 0 Å². The summed E-state index contributed by atoms with van der Waals surface area (Å²) in [6.45, 7) is 3.39. The topological polar surface area (TPSA) is 47.3 Å². The second-order valence-electron chi connectivity index (χ2n) is 3.45. The molecule has 3 N–H and O–H groups in total. The van der Waals surface area contributed by atoms with Gasteiger partial charge in [0.1, 0.15) is 0 Å². The Bertz CT molecular complexity index is 182. The lowest BCUT2D eigenvalue weighted by molar-refractivity contribution is 0.0794. The summed E-state index contributed by atoms with van der Waals surface area (Å²) in [5.74, 6) is 2.63. The second kappa shape index (κ2) is 5.23. The van der Waals surface area contributed by atoms with Gasteiger partial charge in [-0.1, -0.05) is 5.92 Å². The van der Waals surface area contributed by atoms with Gasteiger partial charge in [0.2, 0.25) is 0 Å². The van der Waals surface area contributed by atoms with Crippen LogP contribution < -0.4 is 11.1 Å². The van der Waals surface area contributed by atoms with E-state index in [0.29, 0.717) is 6.54 Å². The average Bonchev–Trinajstić information content (AvgIpc) is 2.66. The Balaban J connectivity index is 2.38. The summed E-state index contributed by atoms with van der Waals surface area (Å²) in [6, 6.07) is 0.270. The molecule has 0 saturated carbocycles. The molecule has 0 aromatic rings. The second-order valence-corrected chi connectivity index (χ2v) is 3.45. The summed E-state index contributed by atoms with van der Waals surface area (Å²) in [5, 5.41) is 3.27. The molecule has 0 aromatic carbocycles. The number of nitrogens with two attached hydrogens (primary N) is 1. The van der Waals surface area contributed by atoms with E-state index in [2.05, 4.69) is 11.2 Å². The Kier molecular flexibility index (Phi) is 4.23. The first-order valence-corrected chi connectivity index (χ1v) is 4.81. The maximum atomic E-state index is 5.64. The monoisotopic (exact) mass is 182 g/mol. The van der Waals surface area contributed by atoms with Gasteiger partial charge in [-0.2, -0.15) is 0 Å². The fourth-order valence-corrected chi connectivity index (χ4v) is 1.62. The Morgan fingerprint density at radius 1 is 1.77 bits per heavy atom. The highest BCUT2D eigenvalue weighted by Gasteiger charge is 2.25. The molecule has 74 valence electrons. The number of ether oxygens (including phenoxy) is 1. The molecule has 3 nitrogen and oxygen atoms in total. The lowest BCUT2D eigenvalue weighted by Crippen LogP contribution is -2.48. The Labute approximate surface area is 80.0 Å². The van der Waals surface area contributed by atoms with Crippen LogP contribution in [-0.4, -0.2) is 31.3 Å². The van der Waals surface area contributed by atoms with E-state index in [1.807, 2.05) is 6.92 Å². The van der Waals surface area contributed by atoms with Gasteiger partial charge in [-0.25, -0.2) is 0 Å². The van der Waals surface area contributed by atoms with Crippen LogP contribution in [0.25, 0.3) is 0 Å². The molecule has 0 amide bonds. The quantitative estimate of drug-likeness (QED) is 0.606. The van der Waals surface area contributed by atoms with Crippen molar-refractivity contribution in [1.82, 2.24) is 5.32 Å². The van der Waals surface area contributed by atoms with E-state index in [1.165, 1.54) is 0 Å². The van der Waals surface area contributed by atoms with Gasteiger partial charge in [0.05, 0.1) is 12.1 Å². The highest BCUT2D eigenvalue weighted by atomic mass is 16.5. The summed E-state index contributed by atoms with van der Waals surface area (Å²) >= 11 is 0. The van der Waals surface area contributed by atoms with Crippen molar-refractivity contribution in [2.45, 2.75) is 38.0 Å². The van der Waals surface area contributed by atoms with E-state index >= 15 is 0 Å². The molecule has 0 bridgehead atoms. The van der Waals surface area contributed by atoms with Gasteiger partial charge in [-0.05, 0) is 19.8 Å². The van der Waals surface area contributed by atoms with Gasteiger partial charge in [-0.15, -0.1) is 6.42 Å². The zero-order valence-corrected chi connectivity index (χ0v) is 8.12. The molecule has 3 unspecified atom stereocenters. The summed E-state index contributed by atoms with van der Waals surface area (Å²) in [7, 11) is 0. The van der Waals surface area contributed by atoms with E-state index < -0.39 is 0 Å². The van der Waals surface area contributed by atoms with Crippen molar-refractivity contribution >= 4 is 0 Å². The predicted molar refractivity (Wildman–Crippen MR) is 53.2 cm³/mol. The number of hydrogen-bond donors (Lipinski definition) is 2. The van der Waals surface area contributed by atoms with Crippen molar-refractivity contribution in [2.24, 2.45) is 5.73 Å². The summed E-state index contributed by atoms with van der Waals surface area (Å²) < 4.78 is 5.54. The lowest BCUT2D eigenvalue weighted by Gasteiger charge is -2.24. The highest BCUT2D eigenvalue weighted by molar-refractivity contribution is 4.98. The average molecular weight is 182 g/mol. The molecule has 1 saturated heterocycles. The lowest BCUT2D eigenvalue weighted by atomic mass is 10.1. The summed E-state index contributed by atoms with van der Waals surface area (Å²) in [4.78, 5) is 0. The fourth-order valence-electron chi connectivity index (χ4n) is 1.62. The van der Waals surface area contributed by atoms with Crippen molar-refractivity contribution in [3.63, 3.8) is 0 Å². The minimum atomic E-state index is 0.0674. The molecule has 0 aliphatic carbocycles. The van der Waals surface area contributed by atoms with Crippen molar-refractivity contribution in [3.8, 4) is 12.3 Å². The molecule has 1 fully saturated rings. The van der Waals surface area contributed by atoms with Crippen molar-refractivity contribution in [1.29, 1.82) is 0 Å². The molecular weight excluding hydrogens is 164 g/mol. The van der Waals surface area contributed by atoms with Crippen LogP contribution in [0, 0.1) is 12.3 Å². The van der Waals surface area contributed by atoms with Crippen LogP contribution in [-0.2, 0) is 4.74 Å². The minimum Gasteiger partial charge on any atom is -0.377 e. The van der Waals surface area contributed by atoms with Gasteiger partial charge in [-0.3, -0.25) is 5.32 Å². The molecule has 3 atom stereocenters. The summed E-state index contributed by atoms with van der Waals surface area (Å²) in [6.07, 6.45) is 7.75. The summed E-state index contributed by atoms with van der Waals surface area (Å²) in [5.41, 5.74) is 5.64. The van der Waals surface area contributed by atoms with Gasteiger partial charge >= 0.3 is 0 Å². The highest BCUT2D eigenvalue weighted by Crippen LogP contribution is 2.15. The van der Waals surface area contributed by atoms with E-state index in [-0.39, 0.29) is 18.2 Å². The van der Waals surface area contributed by atoms with Crippen molar-refractivity contribution < 1.29 is 4.74 Å². The van der Waals surface area contributed by atoms with E-state index in [0.717, 1.165) is 19.4 Å². The van der Waals surface area contributed by atoms with Crippen LogP contribution in [0.5, 0.6) is 0 Å². The molecule has 1 aliphatic heterocycles. The third-order valence-corrected chi connectivity index (χ3v) is 2.38. The number of terminal acetylenes is 1. The van der Waals surface area contributed by atoms with Crippen LogP contribution in [0.15, 0.2) is 0 Å². The maximum absolute atomic E-state index is 5.64. The van der Waals surface area contributed by atoms with Crippen LogP contribution in [0.1, 0.15) is 19.8 Å². The molecule has 0 spiro atoms. The molecular formula is C10H18N2O. The first-order chi connectivity index (χ1) is 6.27. The maximum Gasteiger partial charge on any atom is 0.0741 e. The molecule has 3 heteroatoms. The number of rotatable bonds is 4. The van der Waals surface area contributed by atoms with Crippen LogP contribution in [0.4, 0.5) is 0 Å². The van der Waals surface area contributed by atoms with E-state index in [1.54, 1.807) is 0 Å². The fraction of sp³-hybridized carbons (Fsp3) is 0.800. The van der Waals surface area contributed by atoms with Gasteiger partial charge in [0, 0.05) is 19.2 Å². The van der Waals surface area contributed by atoms with E-state index in [9.17, 15) is 0 Å². The number of hydrogen-bond acceptors (Lipinski definition) is 3. The third-order valence-electron chi connectivity index (χ3n) is 2.38. The molecule has 0 aromatic heterocycles. The Morgan fingerprint density at radius 3 is 3.00 bits per heavy atom. The largest absolute Gasteiger partial charge is 0.377 e. The van der Waals surface area contributed by atoms with E-state index in [4.69, 9.17) is 16.9 Å². The normalized spacial score (nSPS) is 26.7. The molecule has 13 heavy (non-hydrogen) atoms. The minimum absolute atomic E-state index is 0.0674. The smallest absolute Gasteiger partial charge is 0.0741 e. The molecule has 1 heterocycles. The standard InChI is InChI=1S/C10H18N2O/c1-3-8(2)12-9(7-11)10-5-4-6-13-10/h1,8-10,12H,4-7,11H2,2H3. The Morgan fingerprint density at radius 2 is 2.54 bits per heavy atom.